The number of Topliss-reactive ketones (excluding diaryl/α,β-unsaturated/α-hetero) is 1. The fourth-order valence-electron chi connectivity index (χ4n) is 9.93. The number of rotatable bonds is 10. The smallest absolute Gasteiger partial charge is 0.411 e. The van der Waals surface area contributed by atoms with Gasteiger partial charge in [-0.3, -0.25) is 24.6 Å². The number of esters is 1. The highest BCUT2D eigenvalue weighted by molar-refractivity contribution is 6.00. The van der Waals surface area contributed by atoms with Crippen LogP contribution in [0.15, 0.2) is 55.0 Å². The van der Waals surface area contributed by atoms with E-state index in [0.717, 1.165) is 16.5 Å². The standard InChI is InChI=1S/C45H62N6O9/c1-9-36-45(6)39-34(25-51(39)43(55)60-45)46-21-26(2)20-44(5,56-16-12-13-29-18-31-14-10-11-15-33(31)47-22-29)40(59-42-38(53)35(50(7)8)17-27(3)57-42)28(4)37(52)32(41(54)58-36)19-30-23-48-49-24-30/h10-15,18,22-24,26-28,32,34-36,38-40,42,46,53H,9,16-17,19-21,25H2,1-8H3,(H,48,49)/b13-12+/t26-,27-,28+,32-,34-,35?,36-,38?,39-,40-,42+,44-,45-/m1/s1. The predicted molar refractivity (Wildman–Crippen MR) is 224 cm³/mol. The number of nitrogens with one attached hydrogen (secondary N) is 2. The lowest BCUT2D eigenvalue weighted by molar-refractivity contribution is -0.296. The number of carbonyl (C=O) groups excluding carboxylic acids is 3. The molecule has 3 aromatic rings. The molecule has 3 N–H and O–H groups in total. The monoisotopic (exact) mass is 830 g/mol. The van der Waals surface area contributed by atoms with Crippen LogP contribution in [0.2, 0.25) is 0 Å². The molecule has 4 fully saturated rings. The van der Waals surface area contributed by atoms with E-state index in [4.69, 9.17) is 23.7 Å². The highest BCUT2D eigenvalue weighted by atomic mass is 16.7. The van der Waals surface area contributed by atoms with Crippen molar-refractivity contribution in [3.63, 3.8) is 0 Å². The Kier molecular flexibility index (Phi) is 13.1. The maximum absolute atomic E-state index is 15.2. The molecule has 1 aromatic carbocycles. The zero-order chi connectivity index (χ0) is 42.9. The Balaban J connectivity index is 1.27. The number of hydrogen-bond acceptors (Lipinski definition) is 13. The Morgan fingerprint density at radius 3 is 2.63 bits per heavy atom. The lowest BCUT2D eigenvalue weighted by Crippen LogP contribution is -2.71. The third kappa shape index (κ3) is 8.88. The first kappa shape index (κ1) is 43.8. The second-order valence-electron chi connectivity index (χ2n) is 18.0. The number of H-pyrrole nitrogens is 1. The number of benzene rings is 1. The molecule has 326 valence electrons. The van der Waals surface area contributed by atoms with Crippen molar-refractivity contribution in [1.29, 1.82) is 0 Å². The van der Waals surface area contributed by atoms with Gasteiger partial charge in [-0.1, -0.05) is 51.1 Å². The van der Waals surface area contributed by atoms with Crippen LogP contribution in [0.1, 0.15) is 71.9 Å². The number of aromatic nitrogens is 3. The molecule has 2 unspecified atom stereocenters. The largest absolute Gasteiger partial charge is 0.457 e. The maximum Gasteiger partial charge on any atom is 0.411 e. The fourth-order valence-corrected chi connectivity index (χ4v) is 9.93. The summed E-state index contributed by atoms with van der Waals surface area (Å²) in [4.78, 5) is 51.1. The van der Waals surface area contributed by atoms with Gasteiger partial charge in [0, 0.05) is 42.3 Å². The molecule has 0 radical (unpaired) electrons. The van der Waals surface area contributed by atoms with Gasteiger partial charge in [-0.05, 0) is 96.3 Å². The summed E-state index contributed by atoms with van der Waals surface area (Å²) in [5.74, 6) is -3.42. The van der Waals surface area contributed by atoms with Crippen LogP contribution in [0, 0.1) is 17.8 Å². The number of aliphatic hydroxyl groups is 1. The number of hydrogen-bond donors (Lipinski definition) is 3. The van der Waals surface area contributed by atoms with Gasteiger partial charge in [0.05, 0.1) is 42.2 Å². The third-order valence-corrected chi connectivity index (χ3v) is 13.1. The fraction of sp³-hybridized carbons (Fsp3) is 0.622. The van der Waals surface area contributed by atoms with Gasteiger partial charge >= 0.3 is 12.1 Å². The second-order valence-corrected chi connectivity index (χ2v) is 18.0. The minimum absolute atomic E-state index is 0.0106. The molecule has 7 rings (SSSR count). The number of ketones is 1. The number of fused-ring (bicyclic) bond motifs is 1. The van der Waals surface area contributed by atoms with Gasteiger partial charge in [0.2, 0.25) is 0 Å². The van der Waals surface area contributed by atoms with Crippen LogP contribution in [-0.2, 0) is 39.7 Å². The number of aromatic amines is 1. The third-order valence-electron chi connectivity index (χ3n) is 13.1. The molecule has 0 aliphatic carbocycles. The van der Waals surface area contributed by atoms with E-state index in [1.54, 1.807) is 24.2 Å². The Bertz CT molecular complexity index is 2010. The molecule has 1 amide bonds. The number of amides is 1. The minimum Gasteiger partial charge on any atom is -0.457 e. The van der Waals surface area contributed by atoms with Crippen LogP contribution in [0.3, 0.4) is 0 Å². The molecule has 0 bridgehead atoms. The van der Waals surface area contributed by atoms with E-state index < -0.39 is 65.5 Å². The summed E-state index contributed by atoms with van der Waals surface area (Å²) in [5.41, 5.74) is 0.133. The molecule has 2 aromatic heterocycles. The Morgan fingerprint density at radius 2 is 1.90 bits per heavy atom. The first-order valence-corrected chi connectivity index (χ1v) is 21.4. The predicted octanol–water partition coefficient (Wildman–Crippen LogP) is 4.53. The summed E-state index contributed by atoms with van der Waals surface area (Å²) in [6.07, 6.45) is 5.62. The van der Waals surface area contributed by atoms with Crippen molar-refractivity contribution in [2.75, 3.05) is 33.8 Å². The second kappa shape index (κ2) is 18.0. The van der Waals surface area contributed by atoms with E-state index in [9.17, 15) is 14.7 Å². The number of cyclic esters (lactones) is 1. The van der Waals surface area contributed by atoms with Crippen LogP contribution >= 0.6 is 0 Å². The number of ether oxygens (including phenoxy) is 5. The summed E-state index contributed by atoms with van der Waals surface area (Å²) in [6, 6.07) is 9.20. The van der Waals surface area contributed by atoms with Gasteiger partial charge in [0.25, 0.3) is 0 Å². The summed E-state index contributed by atoms with van der Waals surface area (Å²) in [7, 11) is 3.82. The van der Waals surface area contributed by atoms with Crippen LogP contribution in [0.4, 0.5) is 4.79 Å². The Morgan fingerprint density at radius 1 is 1.12 bits per heavy atom. The first-order chi connectivity index (χ1) is 28.6. The van der Waals surface area contributed by atoms with Crippen LogP contribution in [0.5, 0.6) is 0 Å². The molecule has 6 heterocycles. The van der Waals surface area contributed by atoms with Crippen molar-refractivity contribution in [2.45, 2.75) is 127 Å². The molecule has 15 heteroatoms. The van der Waals surface area contributed by atoms with Crippen LogP contribution < -0.4 is 5.32 Å². The lowest BCUT2D eigenvalue weighted by atomic mass is 9.77. The molecule has 15 nitrogen and oxygen atoms in total. The number of aliphatic hydroxyl groups excluding tert-OH is 1. The van der Waals surface area contributed by atoms with Crippen molar-refractivity contribution in [3.05, 3.63) is 66.1 Å². The molecule has 13 atom stereocenters. The number of carbonyl (C=O) groups is 3. The van der Waals surface area contributed by atoms with Gasteiger partial charge in [0.1, 0.15) is 18.1 Å². The highest BCUT2D eigenvalue weighted by Gasteiger charge is 2.64. The zero-order valence-electron chi connectivity index (χ0n) is 36.1. The summed E-state index contributed by atoms with van der Waals surface area (Å²) in [6.45, 7) is 12.6. The number of pyridine rings is 1. The zero-order valence-corrected chi connectivity index (χ0v) is 36.1. The molecule has 4 aliphatic rings. The van der Waals surface area contributed by atoms with Crippen LogP contribution in [0.25, 0.3) is 17.0 Å². The van der Waals surface area contributed by atoms with Gasteiger partial charge in [-0.2, -0.15) is 5.10 Å². The number of likely N-dealkylation sites (N-methyl/N-ethyl adjacent to an activating group) is 1. The van der Waals surface area contributed by atoms with Crippen molar-refractivity contribution in [3.8, 4) is 0 Å². The van der Waals surface area contributed by atoms with Gasteiger partial charge in [0.15, 0.2) is 17.7 Å². The lowest BCUT2D eigenvalue weighted by Gasteiger charge is -2.49. The average molecular weight is 831 g/mol. The average Bonchev–Trinajstić information content (AvgIpc) is 3.79. The summed E-state index contributed by atoms with van der Waals surface area (Å²) >= 11 is 0. The van der Waals surface area contributed by atoms with Crippen molar-refractivity contribution in [1.82, 2.24) is 30.3 Å². The SMILES string of the molecule is CC[C@H]1OC(=O)[C@H](Cc2cn[nH]c2)C(=O)[C@H](C)[C@@H](O[C@@H]2O[C@H](C)CC(N(C)C)C2O)[C@](C)(OC/C=C/c2cnc3ccccc3c2)C[C@@H](C)CN[C@@H]2CN3C(=O)O[C@@]1(C)[C@@H]23. The molecule has 4 saturated heterocycles. The molecule has 4 aliphatic heterocycles. The molecule has 0 spiro atoms. The maximum atomic E-state index is 15.2. The Labute approximate surface area is 352 Å². The van der Waals surface area contributed by atoms with Gasteiger partial charge < -0.3 is 39.0 Å². The van der Waals surface area contributed by atoms with Crippen molar-refractivity contribution in [2.24, 2.45) is 17.8 Å². The summed E-state index contributed by atoms with van der Waals surface area (Å²) in [5, 5.41) is 23.3. The molecular weight excluding hydrogens is 769 g/mol. The van der Waals surface area contributed by atoms with Gasteiger partial charge in [-0.15, -0.1) is 0 Å². The van der Waals surface area contributed by atoms with Crippen molar-refractivity contribution < 1.29 is 43.2 Å². The van der Waals surface area contributed by atoms with E-state index in [1.807, 2.05) is 89.3 Å². The first-order valence-electron chi connectivity index (χ1n) is 21.4. The van der Waals surface area contributed by atoms with Crippen LogP contribution in [-0.4, -0.2) is 142 Å². The van der Waals surface area contributed by atoms with Gasteiger partial charge in [-0.25, -0.2) is 4.79 Å². The molecule has 0 saturated carbocycles. The number of para-hydroxylation sites is 1. The van der Waals surface area contributed by atoms with E-state index in [-0.39, 0.29) is 43.2 Å². The molecule has 60 heavy (non-hydrogen) atoms. The highest BCUT2D eigenvalue weighted by Crippen LogP contribution is 2.44. The minimum atomic E-state index is -1.28. The Hall–Kier alpha value is -4.25. The van der Waals surface area contributed by atoms with Crippen molar-refractivity contribution >= 4 is 34.8 Å². The quantitative estimate of drug-likeness (QED) is 0.192. The van der Waals surface area contributed by atoms with E-state index in [2.05, 4.69) is 33.5 Å². The summed E-state index contributed by atoms with van der Waals surface area (Å²) < 4.78 is 32.5. The molecular formula is C45H62N6O9. The number of nitrogens with zero attached hydrogens (tertiary/aromatic N) is 4. The van der Waals surface area contributed by atoms with E-state index in [1.165, 1.54) is 0 Å². The van der Waals surface area contributed by atoms with E-state index >= 15 is 4.79 Å². The van der Waals surface area contributed by atoms with E-state index in [0.29, 0.717) is 37.9 Å². The normalized spacial score (nSPS) is 36.7. The topological polar surface area (TPSA) is 178 Å².